The highest BCUT2D eigenvalue weighted by Crippen LogP contribution is 2.15. The number of thiophene rings is 1. The number of nitrogens with zero attached hydrogens (tertiary/aromatic N) is 2. The smallest absolute Gasteiger partial charge is 0.110 e. The molecular formula is C18H21N3S. The minimum absolute atomic E-state index is 0.392. The Bertz CT molecular complexity index is 673. The monoisotopic (exact) mass is 311 g/mol. The predicted octanol–water partition coefficient (Wildman–Crippen LogP) is 3.89. The molecule has 2 aromatic heterocycles. The summed E-state index contributed by atoms with van der Waals surface area (Å²) < 4.78 is 2.23. The topological polar surface area (TPSA) is 29.9 Å². The van der Waals surface area contributed by atoms with Crippen LogP contribution in [0.2, 0.25) is 0 Å². The van der Waals surface area contributed by atoms with Gasteiger partial charge in [0.05, 0.1) is 0 Å². The number of imidazole rings is 1. The van der Waals surface area contributed by atoms with Gasteiger partial charge in [-0.05, 0) is 34.9 Å². The van der Waals surface area contributed by atoms with Crippen molar-refractivity contribution in [3.05, 3.63) is 76.5 Å². The van der Waals surface area contributed by atoms with Crippen LogP contribution in [0.1, 0.15) is 29.9 Å². The zero-order valence-electron chi connectivity index (χ0n) is 12.8. The van der Waals surface area contributed by atoms with E-state index in [4.69, 9.17) is 0 Å². The van der Waals surface area contributed by atoms with E-state index in [-0.39, 0.29) is 0 Å². The van der Waals surface area contributed by atoms with Crippen LogP contribution in [0.15, 0.2) is 59.6 Å². The fourth-order valence-corrected chi connectivity index (χ4v) is 3.29. The molecule has 0 aliphatic rings. The van der Waals surface area contributed by atoms with Crippen LogP contribution in [0.5, 0.6) is 0 Å². The summed E-state index contributed by atoms with van der Waals surface area (Å²) in [6, 6.07) is 13.1. The van der Waals surface area contributed by atoms with E-state index >= 15 is 0 Å². The van der Waals surface area contributed by atoms with Gasteiger partial charge in [-0.2, -0.15) is 11.3 Å². The van der Waals surface area contributed by atoms with Crippen LogP contribution in [0.4, 0.5) is 0 Å². The molecule has 0 aliphatic heterocycles. The summed E-state index contributed by atoms with van der Waals surface area (Å²) in [6.07, 6.45) is 4.89. The molecule has 0 unspecified atom stereocenters. The van der Waals surface area contributed by atoms with E-state index in [9.17, 15) is 0 Å². The molecule has 0 amide bonds. The molecule has 0 spiro atoms. The van der Waals surface area contributed by atoms with Crippen LogP contribution in [-0.4, -0.2) is 16.1 Å². The zero-order chi connectivity index (χ0) is 15.2. The Balaban J connectivity index is 1.54. The fourth-order valence-electron chi connectivity index (χ4n) is 2.53. The second-order valence-corrected chi connectivity index (χ2v) is 6.22. The third kappa shape index (κ3) is 3.84. The Kier molecular flexibility index (Phi) is 5.03. The molecular weight excluding hydrogens is 290 g/mol. The Morgan fingerprint density at radius 3 is 2.86 bits per heavy atom. The summed E-state index contributed by atoms with van der Waals surface area (Å²) in [5.74, 6) is 1.13. The van der Waals surface area contributed by atoms with Crippen molar-refractivity contribution in [1.29, 1.82) is 0 Å². The van der Waals surface area contributed by atoms with Crippen LogP contribution in [-0.2, 0) is 13.0 Å². The molecule has 1 aromatic carbocycles. The Morgan fingerprint density at radius 1 is 1.23 bits per heavy atom. The van der Waals surface area contributed by atoms with Crippen molar-refractivity contribution in [2.75, 3.05) is 6.54 Å². The van der Waals surface area contributed by atoms with Crippen LogP contribution in [0.3, 0.4) is 0 Å². The van der Waals surface area contributed by atoms with Gasteiger partial charge in [0.1, 0.15) is 5.82 Å². The highest BCUT2D eigenvalue weighted by Gasteiger charge is 2.07. The highest BCUT2D eigenvalue weighted by atomic mass is 32.1. The van der Waals surface area contributed by atoms with Crippen LogP contribution in [0, 0.1) is 0 Å². The molecule has 0 radical (unpaired) electrons. The number of benzene rings is 1. The van der Waals surface area contributed by atoms with E-state index in [1.807, 2.05) is 12.3 Å². The standard InChI is InChI=1S/C18H21N3S/c1-15(17-8-12-22-14-17)19-9-7-18-20-10-11-21(18)13-16-5-3-2-4-6-16/h2-6,8,10-12,14-15,19H,7,9,13H2,1H3/t15-/m0/s1. The van der Waals surface area contributed by atoms with Gasteiger partial charge in [-0.15, -0.1) is 0 Å². The molecule has 0 fully saturated rings. The summed E-state index contributed by atoms with van der Waals surface area (Å²) in [6.45, 7) is 4.03. The van der Waals surface area contributed by atoms with Crippen molar-refractivity contribution in [1.82, 2.24) is 14.9 Å². The van der Waals surface area contributed by atoms with Gasteiger partial charge in [0.15, 0.2) is 0 Å². The average molecular weight is 311 g/mol. The molecule has 114 valence electrons. The first kappa shape index (κ1) is 15.0. The summed E-state index contributed by atoms with van der Waals surface area (Å²) in [4.78, 5) is 4.50. The second kappa shape index (κ2) is 7.38. The van der Waals surface area contributed by atoms with Crippen molar-refractivity contribution in [3.63, 3.8) is 0 Å². The normalized spacial score (nSPS) is 12.4. The number of aromatic nitrogens is 2. The van der Waals surface area contributed by atoms with Crippen LogP contribution >= 0.6 is 11.3 Å². The largest absolute Gasteiger partial charge is 0.330 e. The maximum atomic E-state index is 4.50. The zero-order valence-corrected chi connectivity index (χ0v) is 13.6. The van der Waals surface area contributed by atoms with Gasteiger partial charge in [-0.1, -0.05) is 30.3 Å². The van der Waals surface area contributed by atoms with Crippen molar-refractivity contribution < 1.29 is 0 Å². The molecule has 0 saturated carbocycles. The summed E-state index contributed by atoms with van der Waals surface area (Å²) in [7, 11) is 0. The van der Waals surface area contributed by atoms with Gasteiger partial charge < -0.3 is 9.88 Å². The van der Waals surface area contributed by atoms with Gasteiger partial charge in [0.25, 0.3) is 0 Å². The first-order valence-corrected chi connectivity index (χ1v) is 8.56. The number of hydrogen-bond acceptors (Lipinski definition) is 3. The van der Waals surface area contributed by atoms with Gasteiger partial charge in [-0.3, -0.25) is 0 Å². The van der Waals surface area contributed by atoms with E-state index in [1.165, 1.54) is 11.1 Å². The van der Waals surface area contributed by atoms with Gasteiger partial charge in [0, 0.05) is 37.9 Å². The molecule has 0 aliphatic carbocycles. The Hall–Kier alpha value is -1.91. The lowest BCUT2D eigenvalue weighted by atomic mass is 10.2. The van der Waals surface area contributed by atoms with E-state index in [2.05, 4.69) is 69.1 Å². The van der Waals surface area contributed by atoms with Crippen molar-refractivity contribution in [2.45, 2.75) is 25.9 Å². The van der Waals surface area contributed by atoms with E-state index in [0.29, 0.717) is 6.04 Å². The maximum absolute atomic E-state index is 4.50. The molecule has 3 aromatic rings. The lowest BCUT2D eigenvalue weighted by Crippen LogP contribution is -2.22. The first-order valence-electron chi connectivity index (χ1n) is 7.62. The van der Waals surface area contributed by atoms with E-state index in [1.54, 1.807) is 11.3 Å². The van der Waals surface area contributed by atoms with E-state index < -0.39 is 0 Å². The molecule has 2 heterocycles. The summed E-state index contributed by atoms with van der Waals surface area (Å²) >= 11 is 1.75. The molecule has 0 saturated heterocycles. The summed E-state index contributed by atoms with van der Waals surface area (Å²) in [5.41, 5.74) is 2.67. The van der Waals surface area contributed by atoms with Gasteiger partial charge in [-0.25, -0.2) is 4.98 Å². The molecule has 1 atom stereocenters. The SMILES string of the molecule is C[C@H](NCCc1nccn1Cc1ccccc1)c1ccsc1. The minimum Gasteiger partial charge on any atom is -0.330 e. The van der Waals surface area contributed by atoms with Gasteiger partial charge in [0.2, 0.25) is 0 Å². The quantitative estimate of drug-likeness (QED) is 0.717. The lowest BCUT2D eigenvalue weighted by molar-refractivity contribution is 0.563. The van der Waals surface area contributed by atoms with Crippen molar-refractivity contribution >= 4 is 11.3 Å². The second-order valence-electron chi connectivity index (χ2n) is 5.44. The van der Waals surface area contributed by atoms with Crippen molar-refractivity contribution in [2.24, 2.45) is 0 Å². The third-order valence-electron chi connectivity index (χ3n) is 3.84. The Labute approximate surface area is 135 Å². The van der Waals surface area contributed by atoms with E-state index in [0.717, 1.165) is 25.3 Å². The summed E-state index contributed by atoms with van der Waals surface area (Å²) in [5, 5.41) is 7.90. The number of rotatable bonds is 7. The minimum atomic E-state index is 0.392. The maximum Gasteiger partial charge on any atom is 0.110 e. The molecule has 3 rings (SSSR count). The fraction of sp³-hybridized carbons (Fsp3) is 0.278. The van der Waals surface area contributed by atoms with Gasteiger partial charge >= 0.3 is 0 Å². The third-order valence-corrected chi connectivity index (χ3v) is 4.54. The number of hydrogen-bond donors (Lipinski definition) is 1. The number of nitrogens with one attached hydrogen (secondary N) is 1. The lowest BCUT2D eigenvalue weighted by Gasteiger charge is -2.13. The first-order chi connectivity index (χ1) is 10.8. The van der Waals surface area contributed by atoms with Crippen LogP contribution < -0.4 is 5.32 Å². The molecule has 22 heavy (non-hydrogen) atoms. The van der Waals surface area contributed by atoms with Crippen molar-refractivity contribution in [3.8, 4) is 0 Å². The molecule has 4 heteroatoms. The van der Waals surface area contributed by atoms with Crippen LogP contribution in [0.25, 0.3) is 0 Å². The Morgan fingerprint density at radius 2 is 2.09 bits per heavy atom. The highest BCUT2D eigenvalue weighted by molar-refractivity contribution is 7.07. The molecule has 1 N–H and O–H groups in total. The predicted molar refractivity (Wildman–Crippen MR) is 92.2 cm³/mol. The molecule has 3 nitrogen and oxygen atoms in total. The molecule has 0 bridgehead atoms. The average Bonchev–Trinajstić information content (AvgIpc) is 3.20.